The molecule has 0 saturated heterocycles. The molecule has 0 aliphatic rings. The molecule has 0 fully saturated rings. The first kappa shape index (κ1) is 13.4. The van der Waals surface area contributed by atoms with E-state index in [1.165, 1.54) is 17.2 Å². The Balaban J connectivity index is 2.46. The quantitative estimate of drug-likeness (QED) is 0.822. The lowest BCUT2D eigenvalue weighted by atomic mass is 10.1. The molecule has 0 radical (unpaired) electrons. The molecule has 0 amide bonds. The van der Waals surface area contributed by atoms with E-state index >= 15 is 0 Å². The average Bonchev–Trinajstić information content (AvgIpc) is 2.36. The highest BCUT2D eigenvalue weighted by atomic mass is 19.1. The van der Waals surface area contributed by atoms with Crippen molar-refractivity contribution in [3.05, 3.63) is 52.8 Å². The maximum Gasteiger partial charge on any atom is 0.126 e. The molecule has 0 aromatic heterocycles. The number of anilines is 3. The first-order chi connectivity index (χ1) is 8.90. The first-order valence-electron chi connectivity index (χ1n) is 6.26. The van der Waals surface area contributed by atoms with E-state index in [4.69, 9.17) is 5.73 Å². The second kappa shape index (κ2) is 4.92. The predicted molar refractivity (Wildman–Crippen MR) is 79.5 cm³/mol. The van der Waals surface area contributed by atoms with Crippen molar-refractivity contribution in [2.24, 2.45) is 0 Å². The highest BCUT2D eigenvalue weighted by molar-refractivity contribution is 5.76. The fraction of sp³-hybridized carbons (Fsp3) is 0.250. The maximum atomic E-state index is 13.3. The number of halogens is 1. The zero-order chi connectivity index (χ0) is 14.2. The van der Waals surface area contributed by atoms with Gasteiger partial charge in [0.2, 0.25) is 0 Å². The van der Waals surface area contributed by atoms with Crippen LogP contribution in [0.4, 0.5) is 21.5 Å². The third kappa shape index (κ3) is 2.55. The predicted octanol–water partition coefficient (Wildman–Crippen LogP) is 4.10. The molecular formula is C16H19FN2. The number of rotatable bonds is 2. The molecule has 0 aliphatic heterocycles. The molecule has 2 rings (SSSR count). The van der Waals surface area contributed by atoms with Crippen LogP contribution in [0.5, 0.6) is 0 Å². The third-order valence-electron chi connectivity index (χ3n) is 3.53. The van der Waals surface area contributed by atoms with Crippen LogP contribution in [-0.2, 0) is 0 Å². The number of nitrogens with two attached hydrogens (primary N) is 1. The highest BCUT2D eigenvalue weighted by Gasteiger charge is 2.10. The number of aryl methyl sites for hydroxylation is 3. The van der Waals surface area contributed by atoms with Crippen molar-refractivity contribution in [1.82, 2.24) is 0 Å². The Labute approximate surface area is 113 Å². The van der Waals surface area contributed by atoms with Crippen LogP contribution >= 0.6 is 0 Å². The van der Waals surface area contributed by atoms with E-state index in [1.54, 1.807) is 13.0 Å². The summed E-state index contributed by atoms with van der Waals surface area (Å²) in [6.07, 6.45) is 0. The van der Waals surface area contributed by atoms with E-state index in [-0.39, 0.29) is 5.82 Å². The van der Waals surface area contributed by atoms with Crippen LogP contribution in [0.15, 0.2) is 30.3 Å². The summed E-state index contributed by atoms with van der Waals surface area (Å²) in [4.78, 5) is 1.98. The molecule has 2 aromatic carbocycles. The zero-order valence-electron chi connectivity index (χ0n) is 11.8. The van der Waals surface area contributed by atoms with Crippen molar-refractivity contribution in [2.45, 2.75) is 20.8 Å². The van der Waals surface area contributed by atoms with Gasteiger partial charge in [-0.05, 0) is 67.8 Å². The standard InChI is InChI=1S/C16H19FN2/c1-10-8-15(18)16(9-11(10)2)19(4)13-5-6-14(17)12(3)7-13/h5-9H,18H2,1-4H3. The van der Waals surface area contributed by atoms with Gasteiger partial charge in [0.1, 0.15) is 5.82 Å². The van der Waals surface area contributed by atoms with Gasteiger partial charge in [-0.25, -0.2) is 4.39 Å². The van der Waals surface area contributed by atoms with Gasteiger partial charge in [-0.3, -0.25) is 0 Å². The Bertz CT molecular complexity index is 620. The largest absolute Gasteiger partial charge is 0.397 e. The molecule has 0 saturated carbocycles. The van der Waals surface area contributed by atoms with E-state index in [0.717, 1.165) is 17.1 Å². The molecular weight excluding hydrogens is 239 g/mol. The van der Waals surface area contributed by atoms with Gasteiger partial charge >= 0.3 is 0 Å². The lowest BCUT2D eigenvalue weighted by Crippen LogP contribution is -2.12. The minimum atomic E-state index is -0.190. The molecule has 0 heterocycles. The molecule has 0 atom stereocenters. The summed E-state index contributed by atoms with van der Waals surface area (Å²) in [6.45, 7) is 5.86. The summed E-state index contributed by atoms with van der Waals surface area (Å²) in [5.41, 5.74) is 11.7. The van der Waals surface area contributed by atoms with Crippen LogP contribution in [0.25, 0.3) is 0 Å². The Morgan fingerprint density at radius 2 is 1.58 bits per heavy atom. The summed E-state index contributed by atoms with van der Waals surface area (Å²) in [5, 5.41) is 0. The molecule has 2 nitrogen and oxygen atoms in total. The van der Waals surface area contributed by atoms with E-state index in [2.05, 4.69) is 13.0 Å². The van der Waals surface area contributed by atoms with Gasteiger partial charge in [-0.2, -0.15) is 0 Å². The fourth-order valence-electron chi connectivity index (χ4n) is 2.09. The Morgan fingerprint density at radius 1 is 0.947 bits per heavy atom. The topological polar surface area (TPSA) is 29.3 Å². The van der Waals surface area contributed by atoms with Crippen molar-refractivity contribution in [1.29, 1.82) is 0 Å². The van der Waals surface area contributed by atoms with Crippen LogP contribution in [0.3, 0.4) is 0 Å². The number of hydrogen-bond acceptors (Lipinski definition) is 2. The fourth-order valence-corrected chi connectivity index (χ4v) is 2.09. The van der Waals surface area contributed by atoms with Gasteiger partial charge in [0.15, 0.2) is 0 Å². The van der Waals surface area contributed by atoms with Crippen LogP contribution in [-0.4, -0.2) is 7.05 Å². The van der Waals surface area contributed by atoms with E-state index in [9.17, 15) is 4.39 Å². The lowest BCUT2D eigenvalue weighted by Gasteiger charge is -2.23. The Hall–Kier alpha value is -2.03. The maximum absolute atomic E-state index is 13.3. The van der Waals surface area contributed by atoms with E-state index < -0.39 is 0 Å². The monoisotopic (exact) mass is 258 g/mol. The van der Waals surface area contributed by atoms with Crippen LogP contribution < -0.4 is 10.6 Å². The third-order valence-corrected chi connectivity index (χ3v) is 3.53. The average molecular weight is 258 g/mol. The SMILES string of the molecule is Cc1cc(N)c(N(C)c2ccc(F)c(C)c2)cc1C. The lowest BCUT2D eigenvalue weighted by molar-refractivity contribution is 0.618. The normalized spacial score (nSPS) is 10.6. The molecule has 0 bridgehead atoms. The number of nitrogens with zero attached hydrogens (tertiary/aromatic N) is 1. The van der Waals surface area contributed by atoms with Crippen molar-refractivity contribution < 1.29 is 4.39 Å². The minimum Gasteiger partial charge on any atom is -0.397 e. The van der Waals surface area contributed by atoms with E-state index in [0.29, 0.717) is 5.56 Å². The highest BCUT2D eigenvalue weighted by Crippen LogP contribution is 2.31. The molecule has 2 aromatic rings. The summed E-state index contributed by atoms with van der Waals surface area (Å²) >= 11 is 0. The van der Waals surface area contributed by atoms with Crippen molar-refractivity contribution in [3.63, 3.8) is 0 Å². The van der Waals surface area contributed by atoms with Crippen molar-refractivity contribution in [3.8, 4) is 0 Å². The second-order valence-electron chi connectivity index (χ2n) is 4.99. The van der Waals surface area contributed by atoms with Crippen molar-refractivity contribution >= 4 is 17.1 Å². The zero-order valence-corrected chi connectivity index (χ0v) is 11.8. The number of hydrogen-bond donors (Lipinski definition) is 1. The van der Waals surface area contributed by atoms with Crippen LogP contribution in [0, 0.1) is 26.6 Å². The van der Waals surface area contributed by atoms with Gasteiger partial charge in [-0.1, -0.05) is 0 Å². The minimum absolute atomic E-state index is 0.190. The summed E-state index contributed by atoms with van der Waals surface area (Å²) in [7, 11) is 1.94. The molecule has 2 N–H and O–H groups in total. The molecule has 0 aliphatic carbocycles. The first-order valence-corrected chi connectivity index (χ1v) is 6.26. The number of benzene rings is 2. The molecule has 3 heteroatoms. The molecule has 19 heavy (non-hydrogen) atoms. The van der Waals surface area contributed by atoms with Gasteiger partial charge in [0.25, 0.3) is 0 Å². The van der Waals surface area contributed by atoms with Gasteiger partial charge in [0, 0.05) is 12.7 Å². The molecule has 0 unspecified atom stereocenters. The second-order valence-corrected chi connectivity index (χ2v) is 4.99. The van der Waals surface area contributed by atoms with Gasteiger partial charge in [-0.15, -0.1) is 0 Å². The summed E-state index contributed by atoms with van der Waals surface area (Å²) < 4.78 is 13.3. The Morgan fingerprint density at radius 3 is 2.21 bits per heavy atom. The number of nitrogen functional groups attached to an aromatic ring is 1. The molecule has 0 spiro atoms. The van der Waals surface area contributed by atoms with Gasteiger partial charge in [0.05, 0.1) is 11.4 Å². The van der Waals surface area contributed by atoms with Crippen molar-refractivity contribution in [2.75, 3.05) is 17.7 Å². The van der Waals surface area contributed by atoms with E-state index in [1.807, 2.05) is 31.0 Å². The van der Waals surface area contributed by atoms with Gasteiger partial charge < -0.3 is 10.6 Å². The smallest absolute Gasteiger partial charge is 0.126 e. The summed E-state index contributed by atoms with van der Waals surface area (Å²) in [5.74, 6) is -0.190. The van der Waals surface area contributed by atoms with Crippen LogP contribution in [0.2, 0.25) is 0 Å². The summed E-state index contributed by atoms with van der Waals surface area (Å²) in [6, 6.07) is 9.10. The van der Waals surface area contributed by atoms with Crippen LogP contribution in [0.1, 0.15) is 16.7 Å². The Kier molecular flexibility index (Phi) is 3.47. The molecule has 100 valence electrons.